The van der Waals surface area contributed by atoms with Crippen molar-refractivity contribution in [2.75, 3.05) is 7.11 Å². The molecule has 0 saturated carbocycles. The van der Waals surface area contributed by atoms with Crippen molar-refractivity contribution in [1.82, 2.24) is 25.2 Å². The van der Waals surface area contributed by atoms with Gasteiger partial charge in [-0.15, -0.1) is 15.3 Å². The second-order valence-electron chi connectivity index (χ2n) is 5.25. The summed E-state index contributed by atoms with van der Waals surface area (Å²) in [5, 5.41) is 18.0. The molecule has 8 heteroatoms. The van der Waals surface area contributed by atoms with Gasteiger partial charge in [-0.3, -0.25) is 0 Å². The van der Waals surface area contributed by atoms with Crippen LogP contribution in [0.4, 0.5) is 5.13 Å². The number of nitrogens with zero attached hydrogens (tertiary/aromatic N) is 6. The fourth-order valence-electron chi connectivity index (χ4n) is 2.34. The molecule has 0 amide bonds. The van der Waals surface area contributed by atoms with Gasteiger partial charge in [0, 0.05) is 6.21 Å². The Balaban J connectivity index is 1.49. The number of fused-ring (bicyclic) bond motifs is 1. The minimum Gasteiger partial charge on any atom is -0.497 e. The van der Waals surface area contributed by atoms with Crippen molar-refractivity contribution in [2.24, 2.45) is 4.99 Å². The first kappa shape index (κ1) is 15.4. The molecule has 4 aromatic rings. The van der Waals surface area contributed by atoms with Crippen molar-refractivity contribution in [1.29, 1.82) is 0 Å². The molecule has 0 unspecified atom stereocenters. The Kier molecular flexibility index (Phi) is 4.17. The number of para-hydroxylation sites is 1. The Labute approximate surface area is 147 Å². The van der Waals surface area contributed by atoms with Crippen LogP contribution in [-0.2, 0) is 6.54 Å². The zero-order chi connectivity index (χ0) is 17.1. The first-order chi connectivity index (χ1) is 12.3. The molecule has 0 bridgehead atoms. The van der Waals surface area contributed by atoms with Gasteiger partial charge in [0.25, 0.3) is 0 Å². The number of rotatable bonds is 5. The summed E-state index contributed by atoms with van der Waals surface area (Å²) in [7, 11) is 1.64. The van der Waals surface area contributed by atoms with E-state index < -0.39 is 0 Å². The number of benzene rings is 2. The van der Waals surface area contributed by atoms with Crippen LogP contribution in [0.3, 0.4) is 0 Å². The summed E-state index contributed by atoms with van der Waals surface area (Å²) < 4.78 is 6.95. The lowest BCUT2D eigenvalue weighted by Gasteiger charge is -1.98. The van der Waals surface area contributed by atoms with E-state index in [4.69, 9.17) is 4.74 Å². The van der Waals surface area contributed by atoms with Gasteiger partial charge in [-0.05, 0) is 42.0 Å². The predicted molar refractivity (Wildman–Crippen MR) is 96.8 cm³/mol. The number of aliphatic imine (C=N–C) groups is 1. The largest absolute Gasteiger partial charge is 0.497 e. The Morgan fingerprint density at radius 3 is 2.76 bits per heavy atom. The van der Waals surface area contributed by atoms with Crippen molar-refractivity contribution in [2.45, 2.75) is 6.54 Å². The Morgan fingerprint density at radius 1 is 1.08 bits per heavy atom. The van der Waals surface area contributed by atoms with E-state index in [1.54, 1.807) is 13.3 Å². The van der Waals surface area contributed by atoms with Gasteiger partial charge in [0.1, 0.15) is 16.3 Å². The minimum absolute atomic E-state index is 0.524. The zero-order valence-corrected chi connectivity index (χ0v) is 14.2. The zero-order valence-electron chi connectivity index (χ0n) is 13.4. The molecule has 7 nitrogen and oxygen atoms in total. The van der Waals surface area contributed by atoms with E-state index in [0.717, 1.165) is 27.4 Å². The van der Waals surface area contributed by atoms with Gasteiger partial charge in [-0.1, -0.05) is 28.7 Å². The molecule has 0 radical (unpaired) electrons. The molecule has 0 saturated heterocycles. The van der Waals surface area contributed by atoms with Crippen molar-refractivity contribution in [3.63, 3.8) is 0 Å². The number of ether oxygens (including phenoxy) is 1. The van der Waals surface area contributed by atoms with Crippen LogP contribution < -0.4 is 4.74 Å². The third-order valence-electron chi connectivity index (χ3n) is 3.60. The average Bonchev–Trinajstić information content (AvgIpc) is 3.28. The molecule has 25 heavy (non-hydrogen) atoms. The average molecular weight is 350 g/mol. The molecule has 2 aromatic heterocycles. The van der Waals surface area contributed by atoms with Gasteiger partial charge < -0.3 is 4.74 Å². The normalized spacial score (nSPS) is 11.4. The topological polar surface area (TPSA) is 78.1 Å². The van der Waals surface area contributed by atoms with Crippen LogP contribution in [0.25, 0.3) is 11.0 Å². The van der Waals surface area contributed by atoms with Gasteiger partial charge in [-0.25, -0.2) is 9.67 Å². The van der Waals surface area contributed by atoms with Crippen molar-refractivity contribution < 1.29 is 4.74 Å². The molecule has 0 N–H and O–H groups in total. The van der Waals surface area contributed by atoms with Crippen LogP contribution in [-0.4, -0.2) is 38.5 Å². The fourth-order valence-corrected chi connectivity index (χ4v) is 3.01. The maximum Gasteiger partial charge on any atom is 0.231 e. The second kappa shape index (κ2) is 6.78. The van der Waals surface area contributed by atoms with Gasteiger partial charge in [0.2, 0.25) is 5.13 Å². The molecule has 0 aliphatic heterocycles. The standard InChI is InChI=1S/C17H14N6OS/c1-24-13-8-6-12(7-9-13)10-18-17-21-20-16(25-17)11-23-15-5-3-2-4-14(15)19-22-23/h2-10H,11H2,1H3/b18-10+. The van der Waals surface area contributed by atoms with Gasteiger partial charge in [0.05, 0.1) is 19.2 Å². The molecule has 124 valence electrons. The van der Waals surface area contributed by atoms with Crippen LogP contribution in [0.5, 0.6) is 5.75 Å². The molecule has 2 aromatic carbocycles. The van der Waals surface area contributed by atoms with Crippen LogP contribution >= 0.6 is 11.3 Å². The number of hydrogen-bond acceptors (Lipinski definition) is 7. The van der Waals surface area contributed by atoms with E-state index in [-0.39, 0.29) is 0 Å². The number of aromatic nitrogens is 5. The fraction of sp³-hybridized carbons (Fsp3) is 0.118. The van der Waals surface area contributed by atoms with Crippen LogP contribution in [0.15, 0.2) is 53.5 Å². The van der Waals surface area contributed by atoms with Crippen molar-refractivity contribution in [3.8, 4) is 5.75 Å². The number of methoxy groups -OCH3 is 1. The summed E-state index contributed by atoms with van der Waals surface area (Å²) in [6.45, 7) is 0.524. The van der Waals surface area contributed by atoms with E-state index in [1.807, 2.05) is 53.2 Å². The van der Waals surface area contributed by atoms with E-state index >= 15 is 0 Å². The third-order valence-corrected chi connectivity index (χ3v) is 4.42. The van der Waals surface area contributed by atoms with E-state index in [1.165, 1.54) is 11.3 Å². The Hall–Kier alpha value is -3.13. The highest BCUT2D eigenvalue weighted by Gasteiger charge is 2.08. The van der Waals surface area contributed by atoms with Crippen LogP contribution in [0.2, 0.25) is 0 Å². The number of hydrogen-bond donors (Lipinski definition) is 0. The summed E-state index contributed by atoms with van der Waals surface area (Å²) in [5.74, 6) is 0.815. The summed E-state index contributed by atoms with van der Waals surface area (Å²) in [4.78, 5) is 4.38. The first-order valence-corrected chi connectivity index (χ1v) is 8.42. The van der Waals surface area contributed by atoms with Crippen LogP contribution in [0, 0.1) is 0 Å². The summed E-state index contributed by atoms with van der Waals surface area (Å²) in [5.41, 5.74) is 2.81. The minimum atomic E-state index is 0.524. The van der Waals surface area contributed by atoms with Gasteiger partial charge >= 0.3 is 0 Å². The molecule has 4 rings (SSSR count). The highest BCUT2D eigenvalue weighted by atomic mass is 32.1. The van der Waals surface area contributed by atoms with Gasteiger partial charge in [-0.2, -0.15) is 0 Å². The highest BCUT2D eigenvalue weighted by Crippen LogP contribution is 2.21. The monoisotopic (exact) mass is 350 g/mol. The lowest BCUT2D eigenvalue weighted by Crippen LogP contribution is -2.01. The van der Waals surface area contributed by atoms with E-state index in [9.17, 15) is 0 Å². The summed E-state index contributed by atoms with van der Waals surface area (Å²) in [6, 6.07) is 15.5. The molecule has 0 aliphatic carbocycles. The molecule has 2 heterocycles. The Bertz CT molecular complexity index is 1020. The van der Waals surface area contributed by atoms with Crippen molar-refractivity contribution in [3.05, 3.63) is 59.1 Å². The van der Waals surface area contributed by atoms with E-state index in [2.05, 4.69) is 25.5 Å². The molecule has 0 atom stereocenters. The Morgan fingerprint density at radius 2 is 1.92 bits per heavy atom. The molecular formula is C17H14N6OS. The predicted octanol–water partition coefficient (Wildman–Crippen LogP) is 3.09. The first-order valence-electron chi connectivity index (χ1n) is 7.60. The summed E-state index contributed by atoms with van der Waals surface area (Å²) in [6.07, 6.45) is 1.76. The second-order valence-corrected chi connectivity index (χ2v) is 6.29. The maximum atomic E-state index is 5.14. The SMILES string of the molecule is COc1ccc(/C=N/c2nnc(Cn3nnc4ccccc43)s2)cc1. The quantitative estimate of drug-likeness (QED) is 0.517. The lowest BCUT2D eigenvalue weighted by molar-refractivity contribution is 0.415. The van der Waals surface area contributed by atoms with Crippen LogP contribution in [0.1, 0.15) is 10.6 Å². The smallest absolute Gasteiger partial charge is 0.231 e. The van der Waals surface area contributed by atoms with E-state index in [0.29, 0.717) is 11.7 Å². The highest BCUT2D eigenvalue weighted by molar-refractivity contribution is 7.14. The summed E-state index contributed by atoms with van der Waals surface area (Å²) >= 11 is 1.43. The molecular weight excluding hydrogens is 336 g/mol. The van der Waals surface area contributed by atoms with Crippen molar-refractivity contribution >= 4 is 33.7 Å². The molecule has 0 spiro atoms. The van der Waals surface area contributed by atoms with Gasteiger partial charge in [0.15, 0.2) is 0 Å². The maximum absolute atomic E-state index is 5.14. The lowest BCUT2D eigenvalue weighted by atomic mass is 10.2. The third kappa shape index (κ3) is 3.38. The molecule has 0 fully saturated rings. The molecule has 0 aliphatic rings.